The van der Waals surface area contributed by atoms with Crippen molar-refractivity contribution in [2.75, 3.05) is 13.2 Å². The van der Waals surface area contributed by atoms with Gasteiger partial charge < -0.3 is 19.7 Å². The molecule has 0 heterocycles. The molecule has 0 rings (SSSR count). The van der Waals surface area contributed by atoms with Gasteiger partial charge in [-0.3, -0.25) is 9.59 Å². The number of hydrogen-bond donors (Lipinski definition) is 2. The van der Waals surface area contributed by atoms with Crippen LogP contribution in [-0.4, -0.2) is 47.6 Å². The molecule has 50 heavy (non-hydrogen) atoms. The minimum Gasteiger partial charge on any atom is -0.462 e. The molecule has 0 spiro atoms. The molecule has 0 saturated heterocycles. The largest absolute Gasteiger partial charge is 0.462 e. The van der Waals surface area contributed by atoms with Gasteiger partial charge in [-0.1, -0.05) is 184 Å². The van der Waals surface area contributed by atoms with E-state index in [1.165, 1.54) is 96.3 Å². The van der Waals surface area contributed by atoms with E-state index in [2.05, 4.69) is 50.3 Å². The highest BCUT2D eigenvalue weighted by Crippen LogP contribution is 2.15. The van der Waals surface area contributed by atoms with Gasteiger partial charge in [-0.15, -0.1) is 0 Å². The molecule has 6 nitrogen and oxygen atoms in total. The minimum atomic E-state index is -0.866. The first kappa shape index (κ1) is 47.6. The Labute approximate surface area is 307 Å². The van der Waals surface area contributed by atoms with Crippen LogP contribution in [0.3, 0.4) is 0 Å². The third-order valence-electron chi connectivity index (χ3n) is 8.68. The summed E-state index contributed by atoms with van der Waals surface area (Å²) in [5.74, 6) is -0.794. The van der Waals surface area contributed by atoms with E-state index in [1.54, 1.807) is 6.08 Å². The van der Waals surface area contributed by atoms with Crippen LogP contribution in [0.15, 0.2) is 60.8 Å². The summed E-state index contributed by atoms with van der Waals surface area (Å²) in [7, 11) is 0. The number of rotatable bonds is 36. The second-order valence-corrected chi connectivity index (χ2v) is 13.5. The fourth-order valence-corrected chi connectivity index (χ4v) is 5.58. The smallest absolute Gasteiger partial charge is 0.306 e. The van der Waals surface area contributed by atoms with Crippen LogP contribution in [0.2, 0.25) is 0 Å². The summed E-state index contributed by atoms with van der Waals surface area (Å²) < 4.78 is 10.5. The fourth-order valence-electron chi connectivity index (χ4n) is 5.58. The third-order valence-corrected chi connectivity index (χ3v) is 8.68. The molecule has 0 aliphatic carbocycles. The van der Waals surface area contributed by atoms with E-state index in [9.17, 15) is 19.8 Å². The quantitative estimate of drug-likeness (QED) is 0.0292. The van der Waals surface area contributed by atoms with Crippen molar-refractivity contribution in [2.45, 2.75) is 193 Å². The number of allylic oxidation sites excluding steroid dienone is 9. The van der Waals surface area contributed by atoms with Crippen molar-refractivity contribution in [3.63, 3.8) is 0 Å². The zero-order valence-electron chi connectivity index (χ0n) is 32.3. The number of esters is 2. The Kier molecular flexibility index (Phi) is 37.4. The van der Waals surface area contributed by atoms with Crippen LogP contribution < -0.4 is 0 Å². The molecule has 0 aromatic rings. The zero-order valence-corrected chi connectivity index (χ0v) is 32.3. The molecule has 2 atom stereocenters. The topological polar surface area (TPSA) is 93.1 Å². The highest BCUT2D eigenvalue weighted by atomic mass is 16.6. The Balaban J connectivity index is 3.72. The van der Waals surface area contributed by atoms with Crippen LogP contribution in [0.25, 0.3) is 0 Å². The lowest BCUT2D eigenvalue weighted by Crippen LogP contribution is -2.28. The Morgan fingerprint density at radius 2 is 1.02 bits per heavy atom. The van der Waals surface area contributed by atoms with Crippen LogP contribution in [0.1, 0.15) is 181 Å². The molecular formula is C44H76O6. The average Bonchev–Trinajstić information content (AvgIpc) is 3.11. The highest BCUT2D eigenvalue weighted by Gasteiger charge is 2.16. The number of carbonyl (C=O) groups is 2. The number of aliphatic hydroxyl groups excluding tert-OH is 2. The van der Waals surface area contributed by atoms with E-state index in [0.29, 0.717) is 19.3 Å². The van der Waals surface area contributed by atoms with Crippen molar-refractivity contribution in [1.82, 2.24) is 0 Å². The van der Waals surface area contributed by atoms with Crippen LogP contribution in [0.4, 0.5) is 0 Å². The Hall–Kier alpha value is -2.44. The van der Waals surface area contributed by atoms with Gasteiger partial charge in [0.25, 0.3) is 0 Å². The maximum Gasteiger partial charge on any atom is 0.306 e. The van der Waals surface area contributed by atoms with Gasteiger partial charge in [-0.25, -0.2) is 0 Å². The van der Waals surface area contributed by atoms with Crippen molar-refractivity contribution < 1.29 is 29.3 Å². The molecule has 0 aromatic carbocycles. The van der Waals surface area contributed by atoms with E-state index in [-0.39, 0.29) is 19.0 Å². The fraction of sp³-hybridized carbons (Fsp3) is 0.727. The number of aliphatic hydroxyl groups is 2. The van der Waals surface area contributed by atoms with E-state index in [1.807, 2.05) is 18.2 Å². The minimum absolute atomic E-state index is 0.124. The van der Waals surface area contributed by atoms with E-state index in [4.69, 9.17) is 9.47 Å². The molecule has 0 aliphatic heterocycles. The monoisotopic (exact) mass is 701 g/mol. The summed E-state index contributed by atoms with van der Waals surface area (Å²) in [6, 6.07) is 0. The summed E-state index contributed by atoms with van der Waals surface area (Å²) in [5, 5.41) is 19.7. The summed E-state index contributed by atoms with van der Waals surface area (Å²) in [4.78, 5) is 24.3. The van der Waals surface area contributed by atoms with Gasteiger partial charge in [0, 0.05) is 12.8 Å². The Morgan fingerprint density at radius 3 is 1.52 bits per heavy atom. The molecule has 0 saturated carbocycles. The number of unbranched alkanes of at least 4 members (excludes halogenated alkanes) is 17. The van der Waals surface area contributed by atoms with Crippen LogP contribution in [-0.2, 0) is 19.1 Å². The maximum atomic E-state index is 12.2. The van der Waals surface area contributed by atoms with Crippen molar-refractivity contribution in [3.05, 3.63) is 60.8 Å². The molecule has 0 aromatic heterocycles. The molecular weight excluding hydrogens is 624 g/mol. The molecule has 6 heteroatoms. The lowest BCUT2D eigenvalue weighted by Gasteiger charge is -2.16. The van der Waals surface area contributed by atoms with Crippen molar-refractivity contribution in [3.8, 4) is 0 Å². The molecule has 2 N–H and O–H groups in total. The predicted octanol–water partition coefficient (Wildman–Crippen LogP) is 11.8. The standard InChI is InChI=1S/C44H76O6/c1-3-5-7-9-11-13-15-17-18-19-20-21-23-25-27-29-31-33-37-43(47)49-40-42(39-45)50-44(48)38-34-36-41(46)35-32-30-28-26-24-22-16-14-12-10-8-6-4-2/h6,8,12,14,22,24,28,30,32,35,41-42,45-46H,3-5,7,9-11,13,15-21,23,25-27,29,31,33-34,36-40H2,1-2H3/b8-6-,14-12-,24-22-,30-28-,35-32+/t41?,42-/m0/s1. The molecule has 288 valence electrons. The summed E-state index contributed by atoms with van der Waals surface area (Å²) in [6.45, 7) is 3.86. The third kappa shape index (κ3) is 36.8. The van der Waals surface area contributed by atoms with Gasteiger partial charge in [0.05, 0.1) is 12.7 Å². The van der Waals surface area contributed by atoms with Crippen molar-refractivity contribution in [1.29, 1.82) is 0 Å². The molecule has 0 fully saturated rings. The molecule has 1 unspecified atom stereocenters. The SMILES string of the molecule is CC/C=C\C/C=C\C/C=C\C/C=C\C=C\C(O)CCCC(=O)O[C@@H](CO)COC(=O)CCCCCCCCCCCCCCCCCCCC. The average molecular weight is 701 g/mol. The van der Waals surface area contributed by atoms with Crippen LogP contribution >= 0.6 is 0 Å². The van der Waals surface area contributed by atoms with E-state index >= 15 is 0 Å². The first-order chi connectivity index (χ1) is 24.5. The molecule has 0 amide bonds. The van der Waals surface area contributed by atoms with Crippen molar-refractivity contribution in [2.24, 2.45) is 0 Å². The van der Waals surface area contributed by atoms with Crippen LogP contribution in [0.5, 0.6) is 0 Å². The summed E-state index contributed by atoms with van der Waals surface area (Å²) in [5.41, 5.74) is 0. The maximum absolute atomic E-state index is 12.2. The molecule has 0 radical (unpaired) electrons. The first-order valence-electron chi connectivity index (χ1n) is 20.5. The molecule has 0 aliphatic rings. The lowest BCUT2D eigenvalue weighted by molar-refractivity contribution is -0.161. The van der Waals surface area contributed by atoms with Gasteiger partial charge >= 0.3 is 11.9 Å². The predicted molar refractivity (Wildman–Crippen MR) is 211 cm³/mol. The zero-order chi connectivity index (χ0) is 36.6. The van der Waals surface area contributed by atoms with E-state index in [0.717, 1.165) is 44.9 Å². The Morgan fingerprint density at radius 1 is 0.560 bits per heavy atom. The Bertz CT molecular complexity index is 902. The second-order valence-electron chi connectivity index (χ2n) is 13.5. The number of carbonyl (C=O) groups excluding carboxylic acids is 2. The second kappa shape index (κ2) is 39.3. The van der Waals surface area contributed by atoms with Crippen LogP contribution in [0, 0.1) is 0 Å². The summed E-state index contributed by atoms with van der Waals surface area (Å²) in [6.07, 6.45) is 47.4. The first-order valence-corrected chi connectivity index (χ1v) is 20.5. The lowest BCUT2D eigenvalue weighted by atomic mass is 10.0. The van der Waals surface area contributed by atoms with Crippen molar-refractivity contribution >= 4 is 11.9 Å². The number of ether oxygens (including phenoxy) is 2. The number of hydrogen-bond acceptors (Lipinski definition) is 6. The van der Waals surface area contributed by atoms with Gasteiger partial charge in [-0.05, 0) is 44.9 Å². The highest BCUT2D eigenvalue weighted by molar-refractivity contribution is 5.70. The molecule has 0 bridgehead atoms. The van der Waals surface area contributed by atoms with Gasteiger partial charge in [0.2, 0.25) is 0 Å². The van der Waals surface area contributed by atoms with E-state index < -0.39 is 24.8 Å². The normalized spacial score (nSPS) is 13.4. The van der Waals surface area contributed by atoms with Gasteiger partial charge in [0.15, 0.2) is 6.10 Å². The summed E-state index contributed by atoms with van der Waals surface area (Å²) >= 11 is 0. The van der Waals surface area contributed by atoms with Gasteiger partial charge in [0.1, 0.15) is 6.61 Å². The van der Waals surface area contributed by atoms with Gasteiger partial charge in [-0.2, -0.15) is 0 Å².